The molecule has 3 rings (SSSR count). The highest BCUT2D eigenvalue weighted by Gasteiger charge is 2.30. The van der Waals surface area contributed by atoms with E-state index in [2.05, 4.69) is 25.9 Å². The average Bonchev–Trinajstić information content (AvgIpc) is 3.05. The van der Waals surface area contributed by atoms with Crippen LogP contribution in [-0.4, -0.2) is 25.0 Å². The van der Waals surface area contributed by atoms with E-state index in [1.165, 1.54) is 103 Å². The lowest BCUT2D eigenvalue weighted by atomic mass is 9.76. The normalized spacial score (nSPS) is 30.3. The molecule has 6 atom stereocenters. The van der Waals surface area contributed by atoms with Crippen LogP contribution in [0.1, 0.15) is 193 Å². The Morgan fingerprint density at radius 1 is 0.462 bits per heavy atom. The lowest BCUT2D eigenvalue weighted by Crippen LogP contribution is -2.27. The molecule has 6 unspecified atom stereocenters. The second-order valence-electron chi connectivity index (χ2n) is 15.1. The van der Waals surface area contributed by atoms with Crippen molar-refractivity contribution in [2.45, 2.75) is 199 Å². The monoisotopic (exact) mass is 544 g/mol. The Balaban J connectivity index is 1.32. The summed E-state index contributed by atoms with van der Waals surface area (Å²) >= 11 is 0. The molecule has 0 aromatic heterocycles. The zero-order chi connectivity index (χ0) is 27.5. The van der Waals surface area contributed by atoms with E-state index < -0.39 is 0 Å². The Kier molecular flexibility index (Phi) is 17.8. The van der Waals surface area contributed by atoms with E-state index in [1.54, 1.807) is 83.5 Å². The second-order valence-corrected chi connectivity index (χ2v) is 15.1. The molecule has 3 fully saturated rings. The average molecular weight is 544 g/mol. The summed E-state index contributed by atoms with van der Waals surface area (Å²) in [5.74, 6) is 5.36. The molecule has 3 saturated carbocycles. The topological polar surface area (TPSA) is 3.24 Å². The van der Waals surface area contributed by atoms with Gasteiger partial charge in [-0.25, -0.2) is 0 Å². The van der Waals surface area contributed by atoms with Crippen molar-refractivity contribution in [3.63, 3.8) is 0 Å². The van der Waals surface area contributed by atoms with Crippen molar-refractivity contribution in [3.8, 4) is 0 Å². The molecule has 0 aromatic carbocycles. The van der Waals surface area contributed by atoms with E-state index in [4.69, 9.17) is 0 Å². The Bertz CT molecular complexity index is 569. The fourth-order valence-electron chi connectivity index (χ4n) is 9.28. The summed E-state index contributed by atoms with van der Waals surface area (Å²) in [6, 6.07) is 0.819. The van der Waals surface area contributed by atoms with E-state index in [1.807, 2.05) is 0 Å². The molecule has 0 spiro atoms. The molecule has 3 aliphatic carbocycles. The van der Waals surface area contributed by atoms with Gasteiger partial charge in [0, 0.05) is 6.04 Å². The summed E-state index contributed by atoms with van der Waals surface area (Å²) in [6.45, 7) is 2.32. The van der Waals surface area contributed by atoms with Gasteiger partial charge in [0.15, 0.2) is 0 Å². The van der Waals surface area contributed by atoms with Crippen molar-refractivity contribution in [2.75, 3.05) is 14.1 Å². The van der Waals surface area contributed by atoms with Gasteiger partial charge in [-0.2, -0.15) is 0 Å². The highest BCUT2D eigenvalue weighted by Crippen LogP contribution is 2.42. The van der Waals surface area contributed by atoms with Crippen molar-refractivity contribution in [2.24, 2.45) is 29.6 Å². The molecule has 0 N–H and O–H groups in total. The fourth-order valence-corrected chi connectivity index (χ4v) is 9.28. The Labute approximate surface area is 247 Å². The maximum atomic E-state index is 2.52. The van der Waals surface area contributed by atoms with Crippen LogP contribution in [0.3, 0.4) is 0 Å². The number of hydrogen-bond acceptors (Lipinski definition) is 1. The fraction of sp³-hybridized carbons (Fsp3) is 1.00. The Morgan fingerprint density at radius 3 is 1.44 bits per heavy atom. The lowest BCUT2D eigenvalue weighted by Gasteiger charge is -2.30. The third-order valence-electron chi connectivity index (χ3n) is 11.9. The summed E-state index contributed by atoms with van der Waals surface area (Å²) in [4.78, 5) is 2.52. The number of nitrogens with zero attached hydrogens (tertiary/aromatic N) is 1. The van der Waals surface area contributed by atoms with Crippen molar-refractivity contribution in [1.82, 2.24) is 4.90 Å². The molecule has 1 nitrogen and oxygen atoms in total. The standard InChI is InChI=1S/C38H73N/c1-4-5-6-7-8-15-29-38(39(2)3)30-16-11-12-20-33-21-17-25-35-28-19-27-34-23-13-9-10-14-24-36(34)31-32-37(35)26-18-22-33/h33-38H,4-32H2,1-3H3. The van der Waals surface area contributed by atoms with Crippen molar-refractivity contribution in [1.29, 1.82) is 0 Å². The smallest absolute Gasteiger partial charge is 0.00891 e. The Morgan fingerprint density at radius 2 is 0.897 bits per heavy atom. The molecule has 3 aliphatic rings. The van der Waals surface area contributed by atoms with E-state index >= 15 is 0 Å². The van der Waals surface area contributed by atoms with Crippen LogP contribution >= 0.6 is 0 Å². The maximum absolute atomic E-state index is 2.52. The molecule has 0 radical (unpaired) electrons. The van der Waals surface area contributed by atoms with Crippen LogP contribution in [0.25, 0.3) is 0 Å². The number of rotatable bonds is 14. The zero-order valence-electron chi connectivity index (χ0n) is 27.4. The molecule has 0 aliphatic heterocycles. The summed E-state index contributed by atoms with van der Waals surface area (Å²) in [6.07, 6.45) is 43.8. The molecule has 0 heterocycles. The van der Waals surface area contributed by atoms with Gasteiger partial charge < -0.3 is 4.90 Å². The highest BCUT2D eigenvalue weighted by molar-refractivity contribution is 4.81. The van der Waals surface area contributed by atoms with Gasteiger partial charge in [-0.15, -0.1) is 0 Å². The molecule has 0 bridgehead atoms. The molecular formula is C38H73N. The van der Waals surface area contributed by atoms with Gasteiger partial charge in [-0.3, -0.25) is 0 Å². The maximum Gasteiger partial charge on any atom is 0.00891 e. The van der Waals surface area contributed by atoms with Crippen LogP contribution < -0.4 is 0 Å². The van der Waals surface area contributed by atoms with E-state index in [0.717, 1.165) is 35.6 Å². The van der Waals surface area contributed by atoms with E-state index in [0.29, 0.717) is 0 Å². The van der Waals surface area contributed by atoms with Crippen LogP contribution in [0, 0.1) is 29.6 Å². The largest absolute Gasteiger partial charge is 0.306 e. The summed E-state index contributed by atoms with van der Waals surface area (Å²) in [5, 5.41) is 0. The van der Waals surface area contributed by atoms with Crippen LogP contribution in [0.15, 0.2) is 0 Å². The summed E-state index contributed by atoms with van der Waals surface area (Å²) in [5.41, 5.74) is 0. The van der Waals surface area contributed by atoms with Crippen LogP contribution in [0.4, 0.5) is 0 Å². The summed E-state index contributed by atoms with van der Waals surface area (Å²) < 4.78 is 0. The van der Waals surface area contributed by atoms with Gasteiger partial charge in [0.1, 0.15) is 0 Å². The lowest BCUT2D eigenvalue weighted by molar-refractivity contribution is 0.216. The van der Waals surface area contributed by atoms with E-state index in [-0.39, 0.29) is 0 Å². The summed E-state index contributed by atoms with van der Waals surface area (Å²) in [7, 11) is 4.64. The molecule has 230 valence electrons. The Hall–Kier alpha value is -0.0400. The van der Waals surface area contributed by atoms with Crippen LogP contribution in [0.2, 0.25) is 0 Å². The zero-order valence-corrected chi connectivity index (χ0v) is 27.4. The van der Waals surface area contributed by atoms with E-state index in [9.17, 15) is 0 Å². The number of fused-ring (bicyclic) bond motifs is 2. The molecular weight excluding hydrogens is 470 g/mol. The highest BCUT2D eigenvalue weighted by atomic mass is 15.1. The van der Waals surface area contributed by atoms with Gasteiger partial charge in [-0.1, -0.05) is 167 Å². The van der Waals surface area contributed by atoms with Crippen molar-refractivity contribution < 1.29 is 0 Å². The second kappa shape index (κ2) is 20.8. The quantitative estimate of drug-likeness (QED) is 0.197. The van der Waals surface area contributed by atoms with Gasteiger partial charge in [-0.05, 0) is 69.4 Å². The van der Waals surface area contributed by atoms with Crippen LogP contribution in [0.5, 0.6) is 0 Å². The third-order valence-corrected chi connectivity index (χ3v) is 11.9. The first-order chi connectivity index (χ1) is 19.2. The molecule has 0 saturated heterocycles. The van der Waals surface area contributed by atoms with Gasteiger partial charge in [0.05, 0.1) is 0 Å². The van der Waals surface area contributed by atoms with Crippen molar-refractivity contribution >= 4 is 0 Å². The number of hydrogen-bond donors (Lipinski definition) is 0. The van der Waals surface area contributed by atoms with Crippen LogP contribution in [-0.2, 0) is 0 Å². The molecule has 1 heteroatoms. The molecule has 39 heavy (non-hydrogen) atoms. The van der Waals surface area contributed by atoms with Gasteiger partial charge >= 0.3 is 0 Å². The first-order valence-corrected chi connectivity index (χ1v) is 18.8. The molecule has 0 amide bonds. The minimum atomic E-state index is 0.819. The predicted octanol–water partition coefficient (Wildman–Crippen LogP) is 12.4. The molecule has 0 aromatic rings. The van der Waals surface area contributed by atoms with Crippen molar-refractivity contribution in [3.05, 3.63) is 0 Å². The minimum Gasteiger partial charge on any atom is -0.306 e. The van der Waals surface area contributed by atoms with Gasteiger partial charge in [0.2, 0.25) is 0 Å². The SMILES string of the molecule is CCCCCCCCC(CCCCCC1CCCC2CCCC3CCCCCCC3CCC2CCC1)N(C)C. The predicted molar refractivity (Wildman–Crippen MR) is 174 cm³/mol. The number of unbranched alkanes of at least 4 members (excludes halogenated alkanes) is 7. The first-order valence-electron chi connectivity index (χ1n) is 18.8. The first kappa shape index (κ1) is 33.5. The van der Waals surface area contributed by atoms with Gasteiger partial charge in [0.25, 0.3) is 0 Å². The minimum absolute atomic E-state index is 0.819. The third kappa shape index (κ3) is 13.7.